The predicted octanol–water partition coefficient (Wildman–Crippen LogP) is 1.90. The zero-order chi connectivity index (χ0) is 14.5. The summed E-state index contributed by atoms with van der Waals surface area (Å²) in [7, 11) is 0. The van der Waals surface area contributed by atoms with Gasteiger partial charge in [0.2, 0.25) is 5.91 Å². The Morgan fingerprint density at radius 3 is 2.87 bits per heavy atom. The Morgan fingerprint density at radius 2 is 2.17 bits per heavy atom. The molecule has 2 aliphatic heterocycles. The van der Waals surface area contributed by atoms with Gasteiger partial charge >= 0.3 is 0 Å². The molecule has 0 radical (unpaired) electrons. The van der Waals surface area contributed by atoms with Gasteiger partial charge in [-0.05, 0) is 19.4 Å². The number of piperidine rings is 1. The summed E-state index contributed by atoms with van der Waals surface area (Å²) in [6.45, 7) is 5.24. The molecule has 0 aliphatic carbocycles. The van der Waals surface area contributed by atoms with Crippen LogP contribution in [-0.2, 0) is 16.1 Å². The van der Waals surface area contributed by atoms with Crippen LogP contribution in [0.5, 0.6) is 0 Å². The third kappa shape index (κ3) is 6.17. The van der Waals surface area contributed by atoms with Crippen molar-refractivity contribution in [3.05, 3.63) is 11.1 Å². The fourth-order valence-corrected chi connectivity index (χ4v) is 3.40. The minimum Gasteiger partial charge on any atom is -0.379 e. The molecule has 1 atom stereocenters. The number of anilines is 1. The Morgan fingerprint density at radius 1 is 1.39 bits per heavy atom. The van der Waals surface area contributed by atoms with Gasteiger partial charge in [-0.25, -0.2) is 4.98 Å². The monoisotopic (exact) mass is 382 g/mol. The van der Waals surface area contributed by atoms with Gasteiger partial charge in [0.25, 0.3) is 0 Å². The van der Waals surface area contributed by atoms with Crippen molar-refractivity contribution in [1.82, 2.24) is 15.2 Å². The van der Waals surface area contributed by atoms with Crippen LogP contribution >= 0.6 is 36.2 Å². The van der Waals surface area contributed by atoms with Gasteiger partial charge < -0.3 is 15.4 Å². The van der Waals surface area contributed by atoms with E-state index < -0.39 is 0 Å². The number of ether oxygens (including phenoxy) is 1. The molecule has 23 heavy (non-hydrogen) atoms. The number of morpholine rings is 1. The smallest absolute Gasteiger partial charge is 0.243 e. The Kier molecular flexibility index (Phi) is 9.34. The van der Waals surface area contributed by atoms with Crippen LogP contribution in [0.2, 0.25) is 0 Å². The molecule has 2 fully saturated rings. The number of nitrogens with one attached hydrogen (secondary N) is 2. The van der Waals surface area contributed by atoms with Gasteiger partial charge in [0, 0.05) is 25.0 Å². The van der Waals surface area contributed by atoms with Crippen molar-refractivity contribution in [2.45, 2.75) is 31.8 Å². The van der Waals surface area contributed by atoms with Crippen molar-refractivity contribution in [3.63, 3.8) is 0 Å². The van der Waals surface area contributed by atoms with Gasteiger partial charge in [0.05, 0.1) is 24.9 Å². The van der Waals surface area contributed by atoms with Crippen molar-refractivity contribution in [2.75, 3.05) is 38.2 Å². The zero-order valence-electron chi connectivity index (χ0n) is 13.0. The summed E-state index contributed by atoms with van der Waals surface area (Å²) >= 11 is 1.50. The second kappa shape index (κ2) is 10.4. The number of nitrogens with zero attached hydrogens (tertiary/aromatic N) is 2. The van der Waals surface area contributed by atoms with Crippen LogP contribution in [0.1, 0.15) is 25.0 Å². The van der Waals surface area contributed by atoms with E-state index in [0.717, 1.165) is 64.3 Å². The minimum absolute atomic E-state index is 0. The highest BCUT2D eigenvalue weighted by molar-refractivity contribution is 7.13. The molecular weight excluding hydrogens is 359 g/mol. The first-order valence-corrected chi connectivity index (χ1v) is 8.48. The van der Waals surface area contributed by atoms with Crippen LogP contribution in [-0.4, -0.2) is 54.7 Å². The second-order valence-electron chi connectivity index (χ2n) is 5.52. The third-order valence-corrected chi connectivity index (χ3v) is 4.70. The number of hydrogen-bond donors (Lipinski definition) is 2. The number of rotatable bonds is 4. The highest BCUT2D eigenvalue weighted by atomic mass is 35.5. The van der Waals surface area contributed by atoms with Crippen LogP contribution in [0, 0.1) is 0 Å². The summed E-state index contributed by atoms with van der Waals surface area (Å²) in [5, 5.41) is 8.92. The molecule has 0 spiro atoms. The predicted molar refractivity (Wildman–Crippen MR) is 97.0 cm³/mol. The molecule has 0 saturated carbocycles. The van der Waals surface area contributed by atoms with E-state index in [9.17, 15) is 4.79 Å². The Hall–Kier alpha value is -0.440. The Labute approximate surface area is 153 Å². The lowest BCUT2D eigenvalue weighted by atomic mass is 10.0. The van der Waals surface area contributed by atoms with Crippen molar-refractivity contribution in [3.8, 4) is 0 Å². The first-order chi connectivity index (χ1) is 10.3. The van der Waals surface area contributed by atoms with E-state index in [4.69, 9.17) is 4.74 Å². The summed E-state index contributed by atoms with van der Waals surface area (Å²) in [5.74, 6) is 0.0435. The average molecular weight is 383 g/mol. The molecule has 6 nitrogen and oxygen atoms in total. The lowest BCUT2D eigenvalue weighted by Crippen LogP contribution is -2.43. The summed E-state index contributed by atoms with van der Waals surface area (Å²) in [5.41, 5.74) is 1.02. The maximum absolute atomic E-state index is 12.1. The molecule has 2 aliphatic rings. The number of amides is 1. The first kappa shape index (κ1) is 20.6. The molecule has 1 aromatic rings. The number of carbonyl (C=O) groups excluding carboxylic acids is 1. The first-order valence-electron chi connectivity index (χ1n) is 7.60. The topological polar surface area (TPSA) is 66.5 Å². The van der Waals surface area contributed by atoms with Crippen molar-refractivity contribution < 1.29 is 9.53 Å². The van der Waals surface area contributed by atoms with E-state index in [1.807, 2.05) is 5.38 Å². The molecule has 3 heterocycles. The number of aromatic nitrogens is 1. The van der Waals surface area contributed by atoms with E-state index >= 15 is 0 Å². The van der Waals surface area contributed by atoms with Gasteiger partial charge in [-0.15, -0.1) is 36.2 Å². The molecule has 0 bridgehead atoms. The maximum Gasteiger partial charge on any atom is 0.243 e. The van der Waals surface area contributed by atoms with Crippen LogP contribution in [0.25, 0.3) is 0 Å². The molecule has 0 aromatic carbocycles. The molecule has 2 N–H and O–H groups in total. The fourth-order valence-electron chi connectivity index (χ4n) is 2.69. The molecule has 3 rings (SSSR count). The lowest BCUT2D eigenvalue weighted by Gasteiger charge is -2.25. The summed E-state index contributed by atoms with van der Waals surface area (Å²) in [4.78, 5) is 19.0. The van der Waals surface area contributed by atoms with Crippen LogP contribution in [0.3, 0.4) is 0 Å². The van der Waals surface area contributed by atoms with E-state index in [-0.39, 0.29) is 36.8 Å². The van der Waals surface area contributed by atoms with Gasteiger partial charge in [0.1, 0.15) is 0 Å². The molecular formula is C14H24Cl2N4O2S. The van der Waals surface area contributed by atoms with Crippen molar-refractivity contribution in [1.29, 1.82) is 0 Å². The maximum atomic E-state index is 12.1. The number of hydrogen-bond acceptors (Lipinski definition) is 6. The van der Waals surface area contributed by atoms with Crippen LogP contribution in [0.4, 0.5) is 5.13 Å². The van der Waals surface area contributed by atoms with Gasteiger partial charge in [-0.1, -0.05) is 6.42 Å². The summed E-state index contributed by atoms with van der Waals surface area (Å²) in [6.07, 6.45) is 3.19. The highest BCUT2D eigenvalue weighted by Gasteiger charge is 2.21. The molecule has 1 unspecified atom stereocenters. The molecule has 1 amide bonds. The third-order valence-electron chi connectivity index (χ3n) is 3.90. The van der Waals surface area contributed by atoms with Gasteiger partial charge in [-0.2, -0.15) is 0 Å². The molecule has 132 valence electrons. The van der Waals surface area contributed by atoms with E-state index in [2.05, 4.69) is 20.5 Å². The molecule has 2 saturated heterocycles. The van der Waals surface area contributed by atoms with E-state index in [0.29, 0.717) is 5.13 Å². The van der Waals surface area contributed by atoms with Crippen molar-refractivity contribution >= 4 is 47.2 Å². The quantitative estimate of drug-likeness (QED) is 0.832. The summed E-state index contributed by atoms with van der Waals surface area (Å²) in [6, 6.07) is -0.0645. The molecule has 9 heteroatoms. The largest absolute Gasteiger partial charge is 0.379 e. The fraction of sp³-hybridized carbons (Fsp3) is 0.714. The average Bonchev–Trinajstić information content (AvgIpc) is 2.96. The van der Waals surface area contributed by atoms with Crippen LogP contribution < -0.4 is 10.6 Å². The summed E-state index contributed by atoms with van der Waals surface area (Å²) < 4.78 is 5.34. The number of thiazole rings is 1. The minimum atomic E-state index is -0.0645. The highest BCUT2D eigenvalue weighted by Crippen LogP contribution is 2.18. The van der Waals surface area contributed by atoms with E-state index in [1.54, 1.807) is 0 Å². The normalized spacial score (nSPS) is 21.8. The van der Waals surface area contributed by atoms with Gasteiger partial charge in [0.15, 0.2) is 5.13 Å². The lowest BCUT2D eigenvalue weighted by molar-refractivity contribution is -0.118. The zero-order valence-corrected chi connectivity index (χ0v) is 15.4. The SMILES string of the molecule is Cl.Cl.O=C(Nc1nc(CN2CCOCC2)cs1)C1CCCCN1. The Balaban J connectivity index is 0.00000132. The second-order valence-corrected chi connectivity index (χ2v) is 6.38. The van der Waals surface area contributed by atoms with E-state index in [1.165, 1.54) is 11.3 Å². The van der Waals surface area contributed by atoms with Gasteiger partial charge in [-0.3, -0.25) is 9.69 Å². The molecule has 1 aromatic heterocycles. The standard InChI is InChI=1S/C14H22N4O2S.2ClH/c19-13(12-3-1-2-4-15-12)17-14-16-11(10-21-14)9-18-5-7-20-8-6-18;;/h10,12,15H,1-9H2,(H,16,17,19);2*1H. The number of carbonyl (C=O) groups is 1. The van der Waals surface area contributed by atoms with Crippen molar-refractivity contribution in [2.24, 2.45) is 0 Å². The number of halogens is 2. The Bertz CT molecular complexity index is 477. The van der Waals surface area contributed by atoms with Crippen LogP contribution in [0.15, 0.2) is 5.38 Å².